The Kier molecular flexibility index (Phi) is 4.35. The molecule has 0 radical (unpaired) electrons. The Balaban J connectivity index is 1.97. The van der Waals surface area contributed by atoms with Crippen LogP contribution in [0, 0.1) is 0 Å². The zero-order chi connectivity index (χ0) is 16.4. The van der Waals surface area contributed by atoms with Gasteiger partial charge in [0.2, 0.25) is 5.91 Å². The Morgan fingerprint density at radius 3 is 2.57 bits per heavy atom. The maximum atomic E-state index is 12.9. The number of hydrogen-bond acceptors (Lipinski definition) is 2. The van der Waals surface area contributed by atoms with E-state index in [2.05, 4.69) is 5.32 Å². The normalized spacial score (nSPS) is 16.6. The van der Waals surface area contributed by atoms with Crippen molar-refractivity contribution in [3.05, 3.63) is 70.2 Å². The van der Waals surface area contributed by atoms with E-state index in [1.165, 1.54) is 0 Å². The molecule has 1 heterocycles. The van der Waals surface area contributed by atoms with E-state index < -0.39 is 6.04 Å². The van der Waals surface area contributed by atoms with Gasteiger partial charge < -0.3 is 10.2 Å². The molecular formula is C18H17ClN2O2. The Labute approximate surface area is 140 Å². The first-order valence-corrected chi connectivity index (χ1v) is 7.83. The Bertz CT molecular complexity index is 760. The van der Waals surface area contributed by atoms with Gasteiger partial charge in [-0.1, -0.05) is 41.9 Å². The van der Waals surface area contributed by atoms with Crippen LogP contribution in [0.25, 0.3) is 0 Å². The lowest BCUT2D eigenvalue weighted by molar-refractivity contribution is -0.125. The second-order valence-corrected chi connectivity index (χ2v) is 5.98. The zero-order valence-electron chi connectivity index (χ0n) is 12.8. The monoisotopic (exact) mass is 328 g/mol. The Morgan fingerprint density at radius 2 is 1.87 bits per heavy atom. The van der Waals surface area contributed by atoms with Crippen molar-refractivity contribution in [3.8, 4) is 0 Å². The van der Waals surface area contributed by atoms with Gasteiger partial charge in [-0.25, -0.2) is 0 Å². The summed E-state index contributed by atoms with van der Waals surface area (Å²) in [5.74, 6) is -0.342. The van der Waals surface area contributed by atoms with Crippen molar-refractivity contribution in [1.82, 2.24) is 10.2 Å². The number of fused-ring (bicyclic) bond motifs is 1. The first-order chi connectivity index (χ1) is 11.1. The molecule has 0 unspecified atom stereocenters. The van der Waals surface area contributed by atoms with Crippen LogP contribution >= 0.6 is 11.6 Å². The van der Waals surface area contributed by atoms with Crippen LogP contribution in [-0.2, 0) is 17.8 Å². The van der Waals surface area contributed by atoms with Crippen molar-refractivity contribution in [3.63, 3.8) is 0 Å². The quantitative estimate of drug-likeness (QED) is 0.921. The maximum absolute atomic E-state index is 12.9. The van der Waals surface area contributed by atoms with Crippen molar-refractivity contribution in [2.75, 3.05) is 7.05 Å². The molecule has 0 aliphatic carbocycles. The zero-order valence-corrected chi connectivity index (χ0v) is 13.5. The highest BCUT2D eigenvalue weighted by Gasteiger charge is 2.34. The standard InChI is InChI=1S/C18H17ClN2O2/c1-20-17(22)16-10-12-5-2-3-6-14(12)11-21(16)18(23)13-7-4-8-15(19)9-13/h2-9,16H,10-11H2,1H3,(H,20,22)/t16-/m0/s1. The fourth-order valence-electron chi connectivity index (χ4n) is 2.92. The summed E-state index contributed by atoms with van der Waals surface area (Å²) in [7, 11) is 1.59. The average molecular weight is 329 g/mol. The second-order valence-electron chi connectivity index (χ2n) is 5.55. The molecule has 23 heavy (non-hydrogen) atoms. The molecule has 2 aromatic carbocycles. The lowest BCUT2D eigenvalue weighted by atomic mass is 9.93. The van der Waals surface area contributed by atoms with Crippen LogP contribution in [0.15, 0.2) is 48.5 Å². The molecule has 0 bridgehead atoms. The SMILES string of the molecule is CNC(=O)[C@@H]1Cc2ccccc2CN1C(=O)c1cccc(Cl)c1. The van der Waals surface area contributed by atoms with Crippen LogP contribution in [0.4, 0.5) is 0 Å². The van der Waals surface area contributed by atoms with Crippen LogP contribution in [-0.4, -0.2) is 29.8 Å². The fourth-order valence-corrected chi connectivity index (χ4v) is 3.11. The molecule has 1 N–H and O–H groups in total. The predicted molar refractivity (Wildman–Crippen MR) is 89.3 cm³/mol. The number of rotatable bonds is 2. The van der Waals surface area contributed by atoms with E-state index in [1.54, 1.807) is 36.2 Å². The molecule has 1 aliphatic heterocycles. The van der Waals surface area contributed by atoms with E-state index in [-0.39, 0.29) is 11.8 Å². The molecule has 4 nitrogen and oxygen atoms in total. The molecule has 3 rings (SSSR count). The maximum Gasteiger partial charge on any atom is 0.254 e. The van der Waals surface area contributed by atoms with Crippen molar-refractivity contribution >= 4 is 23.4 Å². The number of carbonyl (C=O) groups excluding carboxylic acids is 2. The number of likely N-dealkylation sites (N-methyl/N-ethyl adjacent to an activating group) is 1. The summed E-state index contributed by atoms with van der Waals surface area (Å²) in [6.45, 7) is 0.416. The molecule has 0 spiro atoms. The van der Waals surface area contributed by atoms with Gasteiger partial charge in [0.1, 0.15) is 6.04 Å². The summed E-state index contributed by atoms with van der Waals surface area (Å²) in [6.07, 6.45) is 0.516. The van der Waals surface area contributed by atoms with Crippen molar-refractivity contribution in [1.29, 1.82) is 0 Å². The van der Waals surface area contributed by atoms with Crippen LogP contribution < -0.4 is 5.32 Å². The molecule has 0 fully saturated rings. The fraction of sp³-hybridized carbons (Fsp3) is 0.222. The Morgan fingerprint density at radius 1 is 1.13 bits per heavy atom. The summed E-state index contributed by atoms with van der Waals surface area (Å²) in [5.41, 5.74) is 2.67. The predicted octanol–water partition coefficient (Wildman–Crippen LogP) is 2.65. The van der Waals surface area contributed by atoms with E-state index in [9.17, 15) is 9.59 Å². The van der Waals surface area contributed by atoms with Gasteiger partial charge in [-0.3, -0.25) is 9.59 Å². The van der Waals surface area contributed by atoms with Gasteiger partial charge in [-0.05, 0) is 29.3 Å². The molecule has 0 aromatic heterocycles. The van der Waals surface area contributed by atoms with Gasteiger partial charge >= 0.3 is 0 Å². The summed E-state index contributed by atoms with van der Waals surface area (Å²) in [5, 5.41) is 3.16. The largest absolute Gasteiger partial charge is 0.357 e. The first kappa shape index (κ1) is 15.6. The lowest BCUT2D eigenvalue weighted by Crippen LogP contribution is -2.51. The third-order valence-electron chi connectivity index (χ3n) is 4.13. The van der Waals surface area contributed by atoms with Gasteiger partial charge in [0.15, 0.2) is 0 Å². The third kappa shape index (κ3) is 3.08. The number of nitrogens with zero attached hydrogens (tertiary/aromatic N) is 1. The van der Waals surface area contributed by atoms with Gasteiger partial charge in [0.25, 0.3) is 5.91 Å². The summed E-state index contributed by atoms with van der Waals surface area (Å²) in [6, 6.07) is 14.2. The summed E-state index contributed by atoms with van der Waals surface area (Å²) in [4.78, 5) is 26.8. The van der Waals surface area contributed by atoms with Crippen molar-refractivity contribution in [2.45, 2.75) is 19.0 Å². The molecule has 2 amide bonds. The highest BCUT2D eigenvalue weighted by molar-refractivity contribution is 6.31. The minimum Gasteiger partial charge on any atom is -0.357 e. The van der Waals surface area contributed by atoms with Gasteiger partial charge in [0.05, 0.1) is 0 Å². The van der Waals surface area contributed by atoms with E-state index in [1.807, 2.05) is 24.3 Å². The highest BCUT2D eigenvalue weighted by atomic mass is 35.5. The first-order valence-electron chi connectivity index (χ1n) is 7.45. The van der Waals surface area contributed by atoms with Gasteiger partial charge in [-0.2, -0.15) is 0 Å². The van der Waals surface area contributed by atoms with Gasteiger partial charge in [0, 0.05) is 30.6 Å². The van der Waals surface area contributed by atoms with Crippen LogP contribution in [0.3, 0.4) is 0 Å². The number of nitrogens with one attached hydrogen (secondary N) is 1. The van der Waals surface area contributed by atoms with Crippen molar-refractivity contribution in [2.24, 2.45) is 0 Å². The molecule has 2 aromatic rings. The number of carbonyl (C=O) groups is 2. The molecule has 0 saturated heterocycles. The average Bonchev–Trinajstić information content (AvgIpc) is 2.59. The number of hydrogen-bond donors (Lipinski definition) is 1. The molecule has 5 heteroatoms. The number of benzene rings is 2. The van der Waals surface area contributed by atoms with E-state index in [4.69, 9.17) is 11.6 Å². The number of halogens is 1. The Hall–Kier alpha value is -2.33. The second kappa shape index (κ2) is 6.42. The van der Waals surface area contributed by atoms with Crippen LogP contribution in [0.5, 0.6) is 0 Å². The molecule has 118 valence electrons. The van der Waals surface area contributed by atoms with Crippen LogP contribution in [0.1, 0.15) is 21.5 Å². The minimum atomic E-state index is -0.513. The smallest absolute Gasteiger partial charge is 0.254 e. The van der Waals surface area contributed by atoms with E-state index in [0.29, 0.717) is 23.6 Å². The molecule has 1 atom stereocenters. The minimum absolute atomic E-state index is 0.158. The topological polar surface area (TPSA) is 49.4 Å². The van der Waals surface area contributed by atoms with Gasteiger partial charge in [-0.15, -0.1) is 0 Å². The van der Waals surface area contributed by atoms with Crippen LogP contribution in [0.2, 0.25) is 5.02 Å². The van der Waals surface area contributed by atoms with E-state index in [0.717, 1.165) is 11.1 Å². The highest BCUT2D eigenvalue weighted by Crippen LogP contribution is 2.25. The summed E-state index contributed by atoms with van der Waals surface area (Å²) < 4.78 is 0. The molecule has 0 saturated carbocycles. The van der Waals surface area contributed by atoms with E-state index >= 15 is 0 Å². The molecular weight excluding hydrogens is 312 g/mol. The number of amides is 2. The lowest BCUT2D eigenvalue weighted by Gasteiger charge is -2.35. The van der Waals surface area contributed by atoms with Crippen molar-refractivity contribution < 1.29 is 9.59 Å². The molecule has 1 aliphatic rings. The summed E-state index contributed by atoms with van der Waals surface area (Å²) >= 11 is 5.99. The third-order valence-corrected chi connectivity index (χ3v) is 4.37.